The molecule has 0 saturated heterocycles. The molecule has 1 aromatic heterocycles. The van der Waals surface area contributed by atoms with Gasteiger partial charge in [-0.1, -0.05) is 0 Å². The second kappa shape index (κ2) is 3.85. The Morgan fingerprint density at radius 1 is 1.33 bits per heavy atom. The lowest BCUT2D eigenvalue weighted by atomic mass is 10.6. The Kier molecular flexibility index (Phi) is 2.79. The smallest absolute Gasteiger partial charge is 0.321 e. The Hall–Kier alpha value is -1.39. The van der Waals surface area contributed by atoms with Crippen molar-refractivity contribution in [1.29, 1.82) is 0 Å². The van der Waals surface area contributed by atoms with Crippen molar-refractivity contribution in [2.75, 3.05) is 19.0 Å². The Bertz CT molecular complexity index is 264. The fraction of sp³-hybridized carbons (Fsp3) is 0.571. The molecule has 0 fully saturated rings. The normalized spacial score (nSPS) is 9.58. The molecule has 0 radical (unpaired) electrons. The highest BCUT2D eigenvalue weighted by Crippen LogP contribution is 2.05. The highest BCUT2D eigenvalue weighted by atomic mass is 16.5. The first kappa shape index (κ1) is 8.70. The zero-order chi connectivity index (χ0) is 8.97. The summed E-state index contributed by atoms with van der Waals surface area (Å²) in [6.45, 7) is 4.56. The molecule has 1 heterocycles. The summed E-state index contributed by atoms with van der Waals surface area (Å²) in [7, 11) is 1.53. The summed E-state index contributed by atoms with van der Waals surface area (Å²) < 4.78 is 4.88. The average molecular weight is 168 g/mol. The first-order chi connectivity index (χ1) is 5.76. The van der Waals surface area contributed by atoms with Gasteiger partial charge in [-0.25, -0.2) is 0 Å². The number of rotatable bonds is 3. The van der Waals surface area contributed by atoms with Crippen LogP contribution in [0, 0.1) is 6.92 Å². The Labute approximate surface area is 71.2 Å². The Morgan fingerprint density at radius 2 is 2.08 bits per heavy atom. The summed E-state index contributed by atoms with van der Waals surface area (Å²) in [6, 6.07) is 0.346. The number of methoxy groups -OCH3 is 1. The van der Waals surface area contributed by atoms with E-state index in [1.54, 1.807) is 6.92 Å². The van der Waals surface area contributed by atoms with E-state index in [-0.39, 0.29) is 0 Å². The van der Waals surface area contributed by atoms with Crippen LogP contribution in [-0.4, -0.2) is 28.6 Å². The van der Waals surface area contributed by atoms with Gasteiger partial charge in [0, 0.05) is 6.54 Å². The van der Waals surface area contributed by atoms with Crippen LogP contribution in [0.3, 0.4) is 0 Å². The number of anilines is 1. The van der Waals surface area contributed by atoms with E-state index in [4.69, 9.17) is 4.74 Å². The van der Waals surface area contributed by atoms with E-state index in [0.29, 0.717) is 17.8 Å². The van der Waals surface area contributed by atoms with Gasteiger partial charge in [0.15, 0.2) is 0 Å². The van der Waals surface area contributed by atoms with E-state index >= 15 is 0 Å². The molecule has 1 rings (SSSR count). The van der Waals surface area contributed by atoms with Crippen LogP contribution in [0.15, 0.2) is 0 Å². The largest absolute Gasteiger partial charge is 0.467 e. The molecule has 5 heteroatoms. The maximum absolute atomic E-state index is 4.88. The van der Waals surface area contributed by atoms with E-state index in [1.165, 1.54) is 7.11 Å². The molecule has 0 aliphatic heterocycles. The van der Waals surface area contributed by atoms with Crippen LogP contribution in [0.5, 0.6) is 6.01 Å². The topological polar surface area (TPSA) is 59.9 Å². The third-order valence-corrected chi connectivity index (χ3v) is 1.24. The van der Waals surface area contributed by atoms with E-state index in [2.05, 4.69) is 20.3 Å². The SMILES string of the molecule is CCNc1nc(C)nc(OC)n1. The second-order valence-corrected chi connectivity index (χ2v) is 2.22. The number of ether oxygens (including phenoxy) is 1. The van der Waals surface area contributed by atoms with Gasteiger partial charge >= 0.3 is 6.01 Å². The van der Waals surface area contributed by atoms with Gasteiger partial charge in [-0.15, -0.1) is 0 Å². The molecule has 0 aliphatic carbocycles. The van der Waals surface area contributed by atoms with Gasteiger partial charge in [0.25, 0.3) is 0 Å². The number of hydrogen-bond donors (Lipinski definition) is 1. The number of aromatic nitrogens is 3. The molecular formula is C7H12N4O. The van der Waals surface area contributed by atoms with Gasteiger partial charge in [0.2, 0.25) is 5.95 Å². The van der Waals surface area contributed by atoms with Crippen LogP contribution in [0.2, 0.25) is 0 Å². The maximum atomic E-state index is 4.88. The summed E-state index contributed by atoms with van der Waals surface area (Å²) in [5, 5.41) is 2.98. The lowest BCUT2D eigenvalue weighted by Crippen LogP contribution is -2.06. The zero-order valence-corrected chi connectivity index (χ0v) is 7.46. The maximum Gasteiger partial charge on any atom is 0.321 e. The van der Waals surface area contributed by atoms with Gasteiger partial charge in [0.1, 0.15) is 5.82 Å². The van der Waals surface area contributed by atoms with Crippen molar-refractivity contribution in [2.24, 2.45) is 0 Å². The van der Waals surface area contributed by atoms with Crippen molar-refractivity contribution in [1.82, 2.24) is 15.0 Å². The van der Waals surface area contributed by atoms with Crippen LogP contribution in [0.4, 0.5) is 5.95 Å². The van der Waals surface area contributed by atoms with E-state index in [9.17, 15) is 0 Å². The average Bonchev–Trinajstić information content (AvgIpc) is 2.04. The Morgan fingerprint density at radius 3 is 2.67 bits per heavy atom. The standard InChI is InChI=1S/C7H12N4O/c1-4-8-6-9-5(2)10-7(11-6)12-3/h4H2,1-3H3,(H,8,9,10,11). The first-order valence-electron chi connectivity index (χ1n) is 3.76. The van der Waals surface area contributed by atoms with Crippen LogP contribution in [-0.2, 0) is 0 Å². The third kappa shape index (κ3) is 2.05. The molecule has 0 bridgehead atoms. The van der Waals surface area contributed by atoms with Gasteiger partial charge < -0.3 is 10.1 Å². The molecule has 0 aromatic carbocycles. The van der Waals surface area contributed by atoms with Crippen LogP contribution >= 0.6 is 0 Å². The lowest BCUT2D eigenvalue weighted by molar-refractivity contribution is 0.377. The Balaban J connectivity index is 2.90. The van der Waals surface area contributed by atoms with Gasteiger partial charge in [0.05, 0.1) is 7.11 Å². The first-order valence-corrected chi connectivity index (χ1v) is 3.76. The van der Waals surface area contributed by atoms with Crippen molar-refractivity contribution in [3.63, 3.8) is 0 Å². The molecule has 0 atom stereocenters. The summed E-state index contributed by atoms with van der Waals surface area (Å²) in [5.74, 6) is 1.21. The highest BCUT2D eigenvalue weighted by Gasteiger charge is 2.01. The fourth-order valence-corrected chi connectivity index (χ4v) is 0.786. The zero-order valence-electron chi connectivity index (χ0n) is 7.46. The van der Waals surface area contributed by atoms with Crippen molar-refractivity contribution >= 4 is 5.95 Å². The number of aryl methyl sites for hydroxylation is 1. The second-order valence-electron chi connectivity index (χ2n) is 2.22. The summed E-state index contributed by atoms with van der Waals surface area (Å²) in [6.07, 6.45) is 0. The molecule has 66 valence electrons. The minimum atomic E-state index is 0.346. The molecule has 5 nitrogen and oxygen atoms in total. The van der Waals surface area contributed by atoms with E-state index in [1.807, 2.05) is 6.92 Å². The van der Waals surface area contributed by atoms with Gasteiger partial charge in [-0.05, 0) is 13.8 Å². The molecule has 12 heavy (non-hydrogen) atoms. The van der Waals surface area contributed by atoms with Crippen LogP contribution < -0.4 is 10.1 Å². The van der Waals surface area contributed by atoms with Gasteiger partial charge in [-0.3, -0.25) is 0 Å². The molecule has 1 aromatic rings. The number of nitrogens with zero attached hydrogens (tertiary/aromatic N) is 3. The van der Waals surface area contributed by atoms with Gasteiger partial charge in [-0.2, -0.15) is 15.0 Å². The summed E-state index contributed by atoms with van der Waals surface area (Å²) in [5.41, 5.74) is 0. The lowest BCUT2D eigenvalue weighted by Gasteiger charge is -2.03. The third-order valence-electron chi connectivity index (χ3n) is 1.24. The molecule has 1 N–H and O–H groups in total. The van der Waals surface area contributed by atoms with Crippen molar-refractivity contribution in [2.45, 2.75) is 13.8 Å². The highest BCUT2D eigenvalue weighted by molar-refractivity contribution is 5.25. The number of hydrogen-bond acceptors (Lipinski definition) is 5. The molecule has 0 unspecified atom stereocenters. The predicted molar refractivity (Wildman–Crippen MR) is 45.3 cm³/mol. The van der Waals surface area contributed by atoms with Crippen molar-refractivity contribution < 1.29 is 4.74 Å². The molecule has 0 aliphatic rings. The molecule has 0 spiro atoms. The monoisotopic (exact) mass is 168 g/mol. The van der Waals surface area contributed by atoms with Crippen molar-refractivity contribution in [3.05, 3.63) is 5.82 Å². The number of nitrogens with one attached hydrogen (secondary N) is 1. The molecule has 0 amide bonds. The van der Waals surface area contributed by atoms with Crippen molar-refractivity contribution in [3.8, 4) is 6.01 Å². The molecule has 0 saturated carbocycles. The predicted octanol–water partition coefficient (Wildman–Crippen LogP) is 0.620. The minimum absolute atomic E-state index is 0.346. The minimum Gasteiger partial charge on any atom is -0.467 e. The van der Waals surface area contributed by atoms with E-state index in [0.717, 1.165) is 6.54 Å². The fourth-order valence-electron chi connectivity index (χ4n) is 0.786. The molecular weight excluding hydrogens is 156 g/mol. The van der Waals surface area contributed by atoms with Crippen LogP contribution in [0.1, 0.15) is 12.7 Å². The summed E-state index contributed by atoms with van der Waals surface area (Å²) in [4.78, 5) is 12.0. The van der Waals surface area contributed by atoms with Crippen LogP contribution in [0.25, 0.3) is 0 Å². The van der Waals surface area contributed by atoms with E-state index < -0.39 is 0 Å². The quantitative estimate of drug-likeness (QED) is 0.717. The summed E-state index contributed by atoms with van der Waals surface area (Å²) >= 11 is 0.